The Bertz CT molecular complexity index is 152. The highest BCUT2D eigenvalue weighted by molar-refractivity contribution is 5.04. The zero-order valence-electron chi connectivity index (χ0n) is 7.65. The lowest BCUT2D eigenvalue weighted by atomic mass is 10.0. The topological polar surface area (TPSA) is 24.1 Å². The standard InChI is InChI=1S/C9H18N2/c1-4-8-9(5-2)11-7(3)6-10-8/h6,8-11H,4-5H2,1-3H3. The van der Waals surface area contributed by atoms with Crippen molar-refractivity contribution < 1.29 is 0 Å². The molecule has 1 heterocycles. The van der Waals surface area contributed by atoms with Gasteiger partial charge in [0.05, 0.1) is 0 Å². The van der Waals surface area contributed by atoms with Gasteiger partial charge in [0.25, 0.3) is 0 Å². The Labute approximate surface area is 69.1 Å². The van der Waals surface area contributed by atoms with Crippen molar-refractivity contribution in [2.24, 2.45) is 0 Å². The van der Waals surface area contributed by atoms with Crippen LogP contribution < -0.4 is 10.6 Å². The van der Waals surface area contributed by atoms with Crippen LogP contribution in [0.15, 0.2) is 11.9 Å². The van der Waals surface area contributed by atoms with Crippen LogP contribution >= 0.6 is 0 Å². The summed E-state index contributed by atoms with van der Waals surface area (Å²) in [6, 6.07) is 1.23. The van der Waals surface area contributed by atoms with Gasteiger partial charge in [-0.1, -0.05) is 13.8 Å². The van der Waals surface area contributed by atoms with Crippen LogP contribution in [0.3, 0.4) is 0 Å². The molecule has 64 valence electrons. The molecule has 2 atom stereocenters. The van der Waals surface area contributed by atoms with Crippen molar-refractivity contribution in [2.75, 3.05) is 0 Å². The number of nitrogens with one attached hydrogen (secondary N) is 2. The molecular weight excluding hydrogens is 136 g/mol. The van der Waals surface area contributed by atoms with E-state index in [1.165, 1.54) is 18.5 Å². The summed E-state index contributed by atoms with van der Waals surface area (Å²) in [5, 5.41) is 6.86. The van der Waals surface area contributed by atoms with E-state index in [1.54, 1.807) is 0 Å². The predicted molar refractivity (Wildman–Crippen MR) is 48.2 cm³/mol. The van der Waals surface area contributed by atoms with E-state index in [0.717, 1.165) is 0 Å². The van der Waals surface area contributed by atoms with Crippen LogP contribution in [0.2, 0.25) is 0 Å². The lowest BCUT2D eigenvalue weighted by molar-refractivity contribution is 0.379. The van der Waals surface area contributed by atoms with E-state index in [1.807, 2.05) is 0 Å². The molecule has 0 saturated carbocycles. The molecule has 0 saturated heterocycles. The van der Waals surface area contributed by atoms with Crippen LogP contribution in [0.1, 0.15) is 33.6 Å². The highest BCUT2D eigenvalue weighted by atomic mass is 15.1. The second kappa shape index (κ2) is 3.65. The first-order valence-corrected chi connectivity index (χ1v) is 4.47. The lowest BCUT2D eigenvalue weighted by Gasteiger charge is -2.32. The zero-order chi connectivity index (χ0) is 8.27. The largest absolute Gasteiger partial charge is 0.385 e. The second-order valence-electron chi connectivity index (χ2n) is 3.17. The Morgan fingerprint density at radius 2 is 1.91 bits per heavy atom. The molecule has 0 aromatic rings. The molecule has 1 aliphatic heterocycles. The summed E-state index contributed by atoms with van der Waals surface area (Å²) in [7, 11) is 0. The van der Waals surface area contributed by atoms with Gasteiger partial charge in [-0.2, -0.15) is 0 Å². The predicted octanol–water partition coefficient (Wildman–Crippen LogP) is 1.60. The van der Waals surface area contributed by atoms with Crippen molar-refractivity contribution in [1.29, 1.82) is 0 Å². The van der Waals surface area contributed by atoms with Crippen LogP contribution in [-0.2, 0) is 0 Å². The maximum atomic E-state index is 3.47. The number of rotatable bonds is 2. The van der Waals surface area contributed by atoms with Crippen molar-refractivity contribution in [3.05, 3.63) is 11.9 Å². The molecule has 2 unspecified atom stereocenters. The second-order valence-corrected chi connectivity index (χ2v) is 3.17. The van der Waals surface area contributed by atoms with Gasteiger partial charge in [0.1, 0.15) is 0 Å². The monoisotopic (exact) mass is 154 g/mol. The third-order valence-corrected chi connectivity index (χ3v) is 2.29. The minimum atomic E-state index is 0.615. The summed E-state index contributed by atoms with van der Waals surface area (Å²) in [4.78, 5) is 0. The Balaban J connectivity index is 2.55. The average Bonchev–Trinajstić information content (AvgIpc) is 2.04. The minimum absolute atomic E-state index is 0.615. The van der Waals surface area contributed by atoms with Crippen LogP contribution in [0, 0.1) is 0 Å². The molecule has 0 spiro atoms. The lowest BCUT2D eigenvalue weighted by Crippen LogP contribution is -2.48. The fourth-order valence-electron chi connectivity index (χ4n) is 1.57. The van der Waals surface area contributed by atoms with Gasteiger partial charge in [0.15, 0.2) is 0 Å². The van der Waals surface area contributed by atoms with Gasteiger partial charge in [0, 0.05) is 24.0 Å². The third kappa shape index (κ3) is 1.88. The Kier molecular flexibility index (Phi) is 2.80. The molecule has 0 amide bonds. The van der Waals surface area contributed by atoms with E-state index in [9.17, 15) is 0 Å². The molecule has 0 aromatic heterocycles. The first-order chi connectivity index (χ1) is 5.27. The summed E-state index contributed by atoms with van der Waals surface area (Å²) in [5.74, 6) is 0. The molecule has 2 heteroatoms. The SMILES string of the molecule is CCC1NC=C(C)NC1CC. The van der Waals surface area contributed by atoms with Gasteiger partial charge < -0.3 is 10.6 Å². The van der Waals surface area contributed by atoms with Gasteiger partial charge in [-0.25, -0.2) is 0 Å². The quantitative estimate of drug-likeness (QED) is 0.631. The maximum Gasteiger partial charge on any atom is 0.0457 e. The third-order valence-electron chi connectivity index (χ3n) is 2.29. The molecule has 11 heavy (non-hydrogen) atoms. The van der Waals surface area contributed by atoms with Crippen molar-refractivity contribution >= 4 is 0 Å². The highest BCUT2D eigenvalue weighted by Gasteiger charge is 2.19. The summed E-state index contributed by atoms with van der Waals surface area (Å²) in [6.45, 7) is 6.54. The molecule has 0 radical (unpaired) electrons. The first-order valence-electron chi connectivity index (χ1n) is 4.47. The van der Waals surface area contributed by atoms with Crippen molar-refractivity contribution in [3.63, 3.8) is 0 Å². The highest BCUT2D eigenvalue weighted by Crippen LogP contribution is 2.09. The molecular formula is C9H18N2. The Morgan fingerprint density at radius 1 is 1.27 bits per heavy atom. The molecule has 0 fully saturated rings. The number of allylic oxidation sites excluding steroid dienone is 1. The average molecular weight is 154 g/mol. The molecule has 2 N–H and O–H groups in total. The van der Waals surface area contributed by atoms with Crippen LogP contribution in [0.4, 0.5) is 0 Å². The number of hydrogen-bond donors (Lipinski definition) is 2. The van der Waals surface area contributed by atoms with Gasteiger partial charge in [-0.3, -0.25) is 0 Å². The van der Waals surface area contributed by atoms with Gasteiger partial charge in [-0.15, -0.1) is 0 Å². The van der Waals surface area contributed by atoms with Gasteiger partial charge in [0.2, 0.25) is 0 Å². The minimum Gasteiger partial charge on any atom is -0.385 e. The normalized spacial score (nSPS) is 30.3. The molecule has 2 nitrogen and oxygen atoms in total. The fourth-order valence-corrected chi connectivity index (χ4v) is 1.57. The number of hydrogen-bond acceptors (Lipinski definition) is 2. The van der Waals surface area contributed by atoms with Gasteiger partial charge >= 0.3 is 0 Å². The van der Waals surface area contributed by atoms with E-state index < -0.39 is 0 Å². The van der Waals surface area contributed by atoms with Crippen LogP contribution in [0.5, 0.6) is 0 Å². The van der Waals surface area contributed by atoms with Crippen molar-refractivity contribution in [3.8, 4) is 0 Å². The molecule has 0 aromatic carbocycles. The van der Waals surface area contributed by atoms with E-state index in [4.69, 9.17) is 0 Å². The zero-order valence-corrected chi connectivity index (χ0v) is 7.65. The molecule has 1 aliphatic rings. The van der Waals surface area contributed by atoms with E-state index >= 15 is 0 Å². The molecule has 1 rings (SSSR count). The Morgan fingerprint density at radius 3 is 2.45 bits per heavy atom. The molecule has 0 aliphatic carbocycles. The van der Waals surface area contributed by atoms with E-state index in [0.29, 0.717) is 12.1 Å². The molecule has 0 bridgehead atoms. The van der Waals surface area contributed by atoms with Crippen molar-refractivity contribution in [1.82, 2.24) is 10.6 Å². The summed E-state index contributed by atoms with van der Waals surface area (Å²) in [5.41, 5.74) is 1.25. The summed E-state index contributed by atoms with van der Waals surface area (Å²) < 4.78 is 0. The van der Waals surface area contributed by atoms with Crippen LogP contribution in [-0.4, -0.2) is 12.1 Å². The fraction of sp³-hybridized carbons (Fsp3) is 0.778. The maximum absolute atomic E-state index is 3.47. The van der Waals surface area contributed by atoms with Crippen LogP contribution in [0.25, 0.3) is 0 Å². The first kappa shape index (κ1) is 8.44. The van der Waals surface area contributed by atoms with Crippen molar-refractivity contribution in [2.45, 2.75) is 45.7 Å². The Hall–Kier alpha value is -0.660. The summed E-state index contributed by atoms with van der Waals surface area (Å²) in [6.07, 6.45) is 4.45. The van der Waals surface area contributed by atoms with E-state index in [-0.39, 0.29) is 0 Å². The van der Waals surface area contributed by atoms with E-state index in [2.05, 4.69) is 37.6 Å². The van der Waals surface area contributed by atoms with Gasteiger partial charge in [-0.05, 0) is 19.8 Å². The smallest absolute Gasteiger partial charge is 0.0457 e. The summed E-state index contributed by atoms with van der Waals surface area (Å²) >= 11 is 0.